The topological polar surface area (TPSA) is 51.2 Å². The molecule has 3 aliphatic heterocycles. The fourth-order valence-corrected chi connectivity index (χ4v) is 5.01. The Bertz CT molecular complexity index is 1110. The van der Waals surface area contributed by atoms with Gasteiger partial charge in [0.25, 0.3) is 0 Å². The first-order chi connectivity index (χ1) is 16.0. The average molecular weight is 489 g/mol. The summed E-state index contributed by atoms with van der Waals surface area (Å²) in [5.74, 6) is 1.49. The third-order valence-electron chi connectivity index (χ3n) is 6.30. The number of rotatable bonds is 5. The van der Waals surface area contributed by atoms with E-state index in [1.54, 1.807) is 24.3 Å². The van der Waals surface area contributed by atoms with Gasteiger partial charge in [0.1, 0.15) is 18.2 Å². The molecule has 0 bridgehead atoms. The first kappa shape index (κ1) is 22.7. The van der Waals surface area contributed by atoms with Gasteiger partial charge in [0.05, 0.1) is 18.8 Å². The molecule has 0 unspecified atom stereocenters. The lowest BCUT2D eigenvalue weighted by Crippen LogP contribution is -2.39. The number of Topliss-reactive ketones (excluding diaryl/α,β-unsaturated/α-hetero) is 1. The van der Waals surface area contributed by atoms with Crippen molar-refractivity contribution >= 4 is 35.1 Å². The third kappa shape index (κ3) is 4.77. The highest BCUT2D eigenvalue weighted by Crippen LogP contribution is 2.43. The van der Waals surface area contributed by atoms with Gasteiger partial charge in [0, 0.05) is 47.4 Å². The number of nitrogens with zero attached hydrogens (tertiary/aromatic N) is 2. The molecule has 8 heteroatoms. The van der Waals surface area contributed by atoms with Gasteiger partial charge in [-0.1, -0.05) is 29.3 Å². The van der Waals surface area contributed by atoms with E-state index < -0.39 is 0 Å². The molecule has 0 aliphatic carbocycles. The van der Waals surface area contributed by atoms with Crippen molar-refractivity contribution in [2.75, 3.05) is 46.1 Å². The molecule has 0 spiro atoms. The maximum absolute atomic E-state index is 13.1. The molecule has 33 heavy (non-hydrogen) atoms. The molecule has 3 heterocycles. The zero-order valence-electron chi connectivity index (χ0n) is 18.5. The van der Waals surface area contributed by atoms with E-state index in [2.05, 4.69) is 9.80 Å². The van der Waals surface area contributed by atoms with Crippen LogP contribution in [-0.4, -0.2) is 61.7 Å². The number of allylic oxidation sites excluding steroid dienone is 1. The van der Waals surface area contributed by atoms with Gasteiger partial charge in [0.2, 0.25) is 5.78 Å². The van der Waals surface area contributed by atoms with E-state index in [0.717, 1.165) is 69.2 Å². The maximum atomic E-state index is 13.1. The summed E-state index contributed by atoms with van der Waals surface area (Å²) in [7, 11) is 0. The summed E-state index contributed by atoms with van der Waals surface area (Å²) in [4.78, 5) is 17.8. The number of fused-ring (bicyclic) bond motifs is 2. The van der Waals surface area contributed by atoms with E-state index in [0.29, 0.717) is 33.7 Å². The maximum Gasteiger partial charge on any atom is 0.231 e. The van der Waals surface area contributed by atoms with Crippen LogP contribution in [0.3, 0.4) is 0 Å². The minimum Gasteiger partial charge on any atom is -0.477 e. The van der Waals surface area contributed by atoms with E-state index in [1.807, 2.05) is 13.0 Å². The van der Waals surface area contributed by atoms with Gasteiger partial charge in [0.15, 0.2) is 5.76 Å². The van der Waals surface area contributed by atoms with Crippen LogP contribution in [0.2, 0.25) is 10.0 Å². The van der Waals surface area contributed by atoms with Crippen LogP contribution in [0.1, 0.15) is 33.5 Å². The minimum atomic E-state index is -0.147. The summed E-state index contributed by atoms with van der Waals surface area (Å²) in [5, 5.41) is 1.01. The molecule has 1 fully saturated rings. The summed E-state index contributed by atoms with van der Waals surface area (Å²) in [5.41, 5.74) is 3.13. The smallest absolute Gasteiger partial charge is 0.231 e. The molecule has 3 aliphatic rings. The van der Waals surface area contributed by atoms with E-state index in [9.17, 15) is 4.79 Å². The monoisotopic (exact) mass is 488 g/mol. The molecule has 6 nitrogen and oxygen atoms in total. The summed E-state index contributed by atoms with van der Waals surface area (Å²) >= 11 is 12.3. The Morgan fingerprint density at radius 2 is 1.85 bits per heavy atom. The number of carbonyl (C=O) groups is 1. The van der Waals surface area contributed by atoms with Crippen molar-refractivity contribution in [3.63, 3.8) is 0 Å². The van der Waals surface area contributed by atoms with Gasteiger partial charge in [-0.15, -0.1) is 0 Å². The SMILES string of the molecule is Cc1c2c(cc3c1O/C(=C\c1ccc(Cl)cc1Cl)C3=O)CN(CCCN1CCOCC1)CO2. The molecule has 2 aromatic carbocycles. The van der Waals surface area contributed by atoms with Crippen LogP contribution >= 0.6 is 23.2 Å². The van der Waals surface area contributed by atoms with Gasteiger partial charge in [-0.05, 0) is 49.7 Å². The van der Waals surface area contributed by atoms with Crippen LogP contribution in [0.15, 0.2) is 30.0 Å². The summed E-state index contributed by atoms with van der Waals surface area (Å²) in [6.45, 7) is 8.88. The van der Waals surface area contributed by atoms with E-state index >= 15 is 0 Å². The second kappa shape index (κ2) is 9.65. The van der Waals surface area contributed by atoms with Crippen LogP contribution in [-0.2, 0) is 11.3 Å². The van der Waals surface area contributed by atoms with E-state index in [4.69, 9.17) is 37.4 Å². The second-order valence-electron chi connectivity index (χ2n) is 8.61. The Balaban J connectivity index is 1.30. The van der Waals surface area contributed by atoms with E-state index in [-0.39, 0.29) is 11.5 Å². The van der Waals surface area contributed by atoms with Crippen LogP contribution in [0.5, 0.6) is 11.5 Å². The summed E-state index contributed by atoms with van der Waals surface area (Å²) in [6.07, 6.45) is 2.73. The number of hydrogen-bond acceptors (Lipinski definition) is 6. The quantitative estimate of drug-likeness (QED) is 0.563. The van der Waals surface area contributed by atoms with Crippen molar-refractivity contribution in [2.45, 2.75) is 19.9 Å². The van der Waals surface area contributed by atoms with Crippen molar-refractivity contribution in [2.24, 2.45) is 0 Å². The Morgan fingerprint density at radius 1 is 1.06 bits per heavy atom. The van der Waals surface area contributed by atoms with E-state index in [1.165, 1.54) is 0 Å². The highest BCUT2D eigenvalue weighted by molar-refractivity contribution is 6.35. The molecular formula is C25H26Cl2N2O4. The lowest BCUT2D eigenvalue weighted by Gasteiger charge is -2.31. The van der Waals surface area contributed by atoms with Gasteiger partial charge in [-0.25, -0.2) is 0 Å². The number of carbonyl (C=O) groups excluding carboxylic acids is 1. The lowest BCUT2D eigenvalue weighted by molar-refractivity contribution is 0.0329. The van der Waals surface area contributed by atoms with Crippen LogP contribution in [0, 0.1) is 6.92 Å². The van der Waals surface area contributed by atoms with Gasteiger partial charge in [-0.3, -0.25) is 14.6 Å². The molecule has 0 radical (unpaired) electrons. The molecule has 5 rings (SSSR count). The van der Waals surface area contributed by atoms with Gasteiger partial charge < -0.3 is 14.2 Å². The average Bonchev–Trinajstić information content (AvgIpc) is 3.12. The Kier molecular flexibility index (Phi) is 6.63. The van der Waals surface area contributed by atoms with Gasteiger partial charge >= 0.3 is 0 Å². The van der Waals surface area contributed by atoms with Gasteiger partial charge in [-0.2, -0.15) is 0 Å². The van der Waals surface area contributed by atoms with Crippen molar-refractivity contribution in [1.29, 1.82) is 0 Å². The molecule has 0 saturated carbocycles. The first-order valence-electron chi connectivity index (χ1n) is 11.2. The second-order valence-corrected chi connectivity index (χ2v) is 9.45. The first-order valence-corrected chi connectivity index (χ1v) is 12.0. The van der Waals surface area contributed by atoms with Crippen LogP contribution < -0.4 is 9.47 Å². The standard InChI is InChI=1S/C25H26Cl2N2O4/c1-16-24-18(14-29(15-32-24)6-2-5-28-7-9-31-10-8-28)11-20-23(30)22(33-25(16)20)12-17-3-4-19(26)13-21(17)27/h3-4,11-13H,2,5-10,14-15H2,1H3/b22-12-. The molecule has 2 aromatic rings. The summed E-state index contributed by atoms with van der Waals surface area (Å²) in [6, 6.07) is 7.07. The highest BCUT2D eigenvalue weighted by atomic mass is 35.5. The summed E-state index contributed by atoms with van der Waals surface area (Å²) < 4.78 is 17.5. The zero-order chi connectivity index (χ0) is 22.9. The Hall–Kier alpha value is -2.09. The number of halogens is 2. The number of hydrogen-bond donors (Lipinski definition) is 0. The molecule has 1 saturated heterocycles. The zero-order valence-corrected chi connectivity index (χ0v) is 20.0. The predicted octanol–water partition coefficient (Wildman–Crippen LogP) is 4.79. The highest BCUT2D eigenvalue weighted by Gasteiger charge is 2.33. The lowest BCUT2D eigenvalue weighted by atomic mass is 10.00. The largest absolute Gasteiger partial charge is 0.477 e. The molecule has 0 aromatic heterocycles. The predicted molar refractivity (Wildman–Crippen MR) is 128 cm³/mol. The molecular weight excluding hydrogens is 463 g/mol. The third-order valence-corrected chi connectivity index (χ3v) is 6.87. The molecule has 0 N–H and O–H groups in total. The molecule has 0 atom stereocenters. The number of ether oxygens (including phenoxy) is 3. The number of ketones is 1. The number of benzene rings is 2. The fraction of sp³-hybridized carbons (Fsp3) is 0.400. The van der Waals surface area contributed by atoms with Crippen molar-refractivity contribution in [3.8, 4) is 11.5 Å². The van der Waals surface area contributed by atoms with Crippen LogP contribution in [0.25, 0.3) is 6.08 Å². The normalized spacial score (nSPS) is 19.8. The van der Waals surface area contributed by atoms with Crippen molar-refractivity contribution in [3.05, 3.63) is 62.3 Å². The minimum absolute atomic E-state index is 0.147. The molecule has 174 valence electrons. The number of morpholine rings is 1. The Morgan fingerprint density at radius 3 is 2.64 bits per heavy atom. The fourth-order valence-electron chi connectivity index (χ4n) is 4.54. The Labute approximate surface area is 203 Å². The van der Waals surface area contributed by atoms with Crippen molar-refractivity contribution < 1.29 is 19.0 Å². The van der Waals surface area contributed by atoms with Crippen LogP contribution in [0.4, 0.5) is 0 Å². The molecule has 0 amide bonds. The van der Waals surface area contributed by atoms with Crippen molar-refractivity contribution in [1.82, 2.24) is 9.80 Å².